The van der Waals surface area contributed by atoms with Gasteiger partial charge in [-0.25, -0.2) is 0 Å². The summed E-state index contributed by atoms with van der Waals surface area (Å²) in [6.07, 6.45) is 11.0. The van der Waals surface area contributed by atoms with Crippen molar-refractivity contribution in [2.45, 2.75) is 71.6 Å². The zero-order chi connectivity index (χ0) is 13.0. The molecule has 2 fully saturated rings. The van der Waals surface area contributed by atoms with Crippen molar-refractivity contribution in [3.05, 3.63) is 0 Å². The molecule has 2 unspecified atom stereocenters. The number of rotatable bonds is 5. The van der Waals surface area contributed by atoms with E-state index in [0.717, 1.165) is 25.2 Å². The van der Waals surface area contributed by atoms with Crippen LogP contribution in [0.15, 0.2) is 0 Å². The fourth-order valence-corrected chi connectivity index (χ4v) is 4.11. The molecule has 0 radical (unpaired) electrons. The van der Waals surface area contributed by atoms with E-state index in [1.165, 1.54) is 38.5 Å². The minimum absolute atomic E-state index is 0. The maximum atomic E-state index is 12.3. The van der Waals surface area contributed by atoms with Gasteiger partial charge in [-0.15, -0.1) is 12.4 Å². The quantitative estimate of drug-likeness (QED) is 0.683. The van der Waals surface area contributed by atoms with Crippen LogP contribution >= 0.6 is 12.4 Å². The highest BCUT2D eigenvalue weighted by atomic mass is 35.5. The summed E-state index contributed by atoms with van der Waals surface area (Å²) in [5.41, 5.74) is -0.141. The molecule has 0 aromatic heterocycles. The van der Waals surface area contributed by atoms with E-state index in [4.69, 9.17) is 4.74 Å². The first kappa shape index (κ1) is 16.8. The van der Waals surface area contributed by atoms with Gasteiger partial charge in [0.15, 0.2) is 0 Å². The van der Waals surface area contributed by atoms with Crippen LogP contribution in [0.2, 0.25) is 0 Å². The fourth-order valence-electron chi connectivity index (χ4n) is 4.11. The number of esters is 1. The molecule has 2 aliphatic rings. The van der Waals surface area contributed by atoms with Gasteiger partial charge >= 0.3 is 5.97 Å². The number of halogens is 1. The van der Waals surface area contributed by atoms with E-state index in [1.807, 2.05) is 0 Å². The van der Waals surface area contributed by atoms with Crippen molar-refractivity contribution in [2.24, 2.45) is 17.3 Å². The normalized spacial score (nSPS) is 31.9. The minimum atomic E-state index is -0.141. The van der Waals surface area contributed by atoms with Crippen LogP contribution in [0, 0.1) is 17.3 Å². The molecule has 0 aromatic carbocycles. The number of carbonyl (C=O) groups is 1. The number of hydrogen-bond acceptors (Lipinski definition) is 2. The zero-order valence-electron chi connectivity index (χ0n) is 12.5. The average molecular weight is 289 g/mol. The van der Waals surface area contributed by atoms with E-state index in [2.05, 4.69) is 13.8 Å². The van der Waals surface area contributed by atoms with Crippen LogP contribution in [-0.4, -0.2) is 12.6 Å². The molecule has 19 heavy (non-hydrogen) atoms. The number of unbranched alkanes of at least 4 members (excludes halogenated alkanes) is 1. The summed E-state index contributed by atoms with van der Waals surface area (Å²) in [5, 5.41) is 0. The molecule has 3 heteroatoms. The molecule has 1 aliphatic heterocycles. The summed E-state index contributed by atoms with van der Waals surface area (Å²) in [7, 11) is 0. The number of hydrogen-bond donors (Lipinski definition) is 0. The molecule has 1 saturated carbocycles. The van der Waals surface area contributed by atoms with Crippen molar-refractivity contribution in [1.29, 1.82) is 0 Å². The van der Waals surface area contributed by atoms with Crippen LogP contribution < -0.4 is 0 Å². The van der Waals surface area contributed by atoms with Crippen molar-refractivity contribution < 1.29 is 9.53 Å². The lowest BCUT2D eigenvalue weighted by Crippen LogP contribution is -2.37. The van der Waals surface area contributed by atoms with Gasteiger partial charge in [-0.1, -0.05) is 58.8 Å². The van der Waals surface area contributed by atoms with Gasteiger partial charge in [0.1, 0.15) is 0 Å². The minimum Gasteiger partial charge on any atom is -0.465 e. The van der Waals surface area contributed by atoms with Crippen molar-refractivity contribution in [3.8, 4) is 0 Å². The Morgan fingerprint density at radius 3 is 2.47 bits per heavy atom. The molecule has 2 rings (SSSR count). The lowest BCUT2D eigenvalue weighted by Gasteiger charge is -2.37. The predicted molar refractivity (Wildman–Crippen MR) is 80.5 cm³/mol. The van der Waals surface area contributed by atoms with Crippen LogP contribution in [0.25, 0.3) is 0 Å². The van der Waals surface area contributed by atoms with Crippen LogP contribution in [-0.2, 0) is 9.53 Å². The van der Waals surface area contributed by atoms with Crippen LogP contribution in [0.1, 0.15) is 71.6 Å². The molecule has 2 atom stereocenters. The number of cyclic esters (lactones) is 1. The molecule has 0 bridgehead atoms. The molecule has 2 nitrogen and oxygen atoms in total. The van der Waals surface area contributed by atoms with Gasteiger partial charge < -0.3 is 4.74 Å². The Labute approximate surface area is 124 Å². The summed E-state index contributed by atoms with van der Waals surface area (Å²) in [6, 6.07) is 0. The number of ether oxygens (including phenoxy) is 1. The molecule has 1 heterocycles. The summed E-state index contributed by atoms with van der Waals surface area (Å²) in [5.74, 6) is 1.35. The van der Waals surface area contributed by atoms with Crippen molar-refractivity contribution in [1.82, 2.24) is 0 Å². The lowest BCUT2D eigenvalue weighted by atomic mass is 9.64. The van der Waals surface area contributed by atoms with E-state index >= 15 is 0 Å². The van der Waals surface area contributed by atoms with Crippen LogP contribution in [0.5, 0.6) is 0 Å². The van der Waals surface area contributed by atoms with Crippen LogP contribution in [0.4, 0.5) is 0 Å². The number of carbonyl (C=O) groups excluding carboxylic acids is 1. The van der Waals surface area contributed by atoms with Crippen LogP contribution in [0.3, 0.4) is 0 Å². The van der Waals surface area contributed by atoms with E-state index < -0.39 is 0 Å². The first-order valence-corrected chi connectivity index (χ1v) is 7.91. The molecule has 1 saturated heterocycles. The van der Waals surface area contributed by atoms with Gasteiger partial charge in [0.05, 0.1) is 12.0 Å². The second kappa shape index (κ2) is 7.52. The molecule has 0 spiro atoms. The smallest absolute Gasteiger partial charge is 0.312 e. The summed E-state index contributed by atoms with van der Waals surface area (Å²) in [6.45, 7) is 5.08. The SMILES string of the molecule is CCCCC1(CC)C(=O)OCC1C1CCCCC1.Cl. The zero-order valence-corrected chi connectivity index (χ0v) is 13.3. The average Bonchev–Trinajstić information content (AvgIpc) is 2.75. The predicted octanol–water partition coefficient (Wildman–Crippen LogP) is 4.75. The third kappa shape index (κ3) is 3.26. The molecule has 1 aliphatic carbocycles. The Hall–Kier alpha value is -0.240. The first-order valence-electron chi connectivity index (χ1n) is 7.91. The maximum absolute atomic E-state index is 12.3. The van der Waals surface area contributed by atoms with Crippen molar-refractivity contribution >= 4 is 18.4 Å². The molecule has 0 aromatic rings. The Morgan fingerprint density at radius 2 is 1.89 bits per heavy atom. The maximum Gasteiger partial charge on any atom is 0.312 e. The van der Waals surface area contributed by atoms with Crippen molar-refractivity contribution in [3.63, 3.8) is 0 Å². The van der Waals surface area contributed by atoms with Gasteiger partial charge in [-0.2, -0.15) is 0 Å². The molecular weight excluding hydrogens is 260 g/mol. The first-order chi connectivity index (χ1) is 8.74. The second-order valence-corrected chi connectivity index (χ2v) is 6.22. The Kier molecular flexibility index (Phi) is 6.65. The van der Waals surface area contributed by atoms with Gasteiger partial charge in [0.2, 0.25) is 0 Å². The van der Waals surface area contributed by atoms with E-state index in [0.29, 0.717) is 12.5 Å². The van der Waals surface area contributed by atoms with Gasteiger partial charge in [0.25, 0.3) is 0 Å². The Balaban J connectivity index is 0.00000180. The second-order valence-electron chi connectivity index (χ2n) is 6.22. The topological polar surface area (TPSA) is 26.3 Å². The van der Waals surface area contributed by atoms with E-state index in [-0.39, 0.29) is 23.8 Å². The third-order valence-corrected chi connectivity index (χ3v) is 5.34. The molecular formula is C16H29ClO2. The Morgan fingerprint density at radius 1 is 1.21 bits per heavy atom. The summed E-state index contributed by atoms with van der Waals surface area (Å²) >= 11 is 0. The molecule has 0 amide bonds. The van der Waals surface area contributed by atoms with Gasteiger partial charge in [0, 0.05) is 5.92 Å². The standard InChI is InChI=1S/C16H28O2.ClH/c1-3-5-11-16(4-2)14(12-18-15(16)17)13-9-7-6-8-10-13;/h13-14H,3-12H2,1-2H3;1H. The lowest BCUT2D eigenvalue weighted by molar-refractivity contribution is -0.147. The third-order valence-electron chi connectivity index (χ3n) is 5.34. The van der Waals surface area contributed by atoms with E-state index in [9.17, 15) is 4.79 Å². The summed E-state index contributed by atoms with van der Waals surface area (Å²) < 4.78 is 5.48. The Bertz CT molecular complexity index is 286. The molecule has 0 N–H and O–H groups in total. The summed E-state index contributed by atoms with van der Waals surface area (Å²) in [4.78, 5) is 12.3. The van der Waals surface area contributed by atoms with Crippen molar-refractivity contribution in [2.75, 3.05) is 6.61 Å². The molecule has 112 valence electrons. The fraction of sp³-hybridized carbons (Fsp3) is 0.938. The largest absolute Gasteiger partial charge is 0.465 e. The van der Waals surface area contributed by atoms with Gasteiger partial charge in [-0.05, 0) is 18.8 Å². The van der Waals surface area contributed by atoms with E-state index in [1.54, 1.807) is 0 Å². The highest BCUT2D eigenvalue weighted by Gasteiger charge is 2.52. The highest BCUT2D eigenvalue weighted by molar-refractivity contribution is 5.85. The van der Waals surface area contributed by atoms with Gasteiger partial charge in [-0.3, -0.25) is 4.79 Å². The highest BCUT2D eigenvalue weighted by Crippen LogP contribution is 2.49. The monoisotopic (exact) mass is 288 g/mol.